The van der Waals surface area contributed by atoms with E-state index in [1.54, 1.807) is 18.2 Å². The largest absolute Gasteiger partial charge is 0.465 e. The van der Waals surface area contributed by atoms with Crippen LogP contribution in [0.4, 0.5) is 17.1 Å². The summed E-state index contributed by atoms with van der Waals surface area (Å²) in [6.07, 6.45) is 3.53. The van der Waals surface area contributed by atoms with Gasteiger partial charge >= 0.3 is 5.97 Å². The highest BCUT2D eigenvalue weighted by Gasteiger charge is 2.11. The van der Waals surface area contributed by atoms with E-state index >= 15 is 0 Å². The van der Waals surface area contributed by atoms with Crippen molar-refractivity contribution in [3.8, 4) is 6.07 Å². The minimum atomic E-state index is -0.463. The maximum atomic E-state index is 11.2. The highest BCUT2D eigenvalue weighted by molar-refractivity contribution is 6.08. The normalized spacial score (nSPS) is 11.2. The first-order valence-corrected chi connectivity index (χ1v) is 11.8. The zero-order chi connectivity index (χ0) is 25.3. The van der Waals surface area contributed by atoms with E-state index in [0.29, 0.717) is 18.0 Å². The van der Waals surface area contributed by atoms with Crippen LogP contribution in [0.3, 0.4) is 0 Å². The predicted octanol–water partition coefficient (Wildman–Crippen LogP) is 7.14. The lowest BCUT2D eigenvalue weighted by atomic mass is 10.1. The van der Waals surface area contributed by atoms with Crippen LogP contribution in [-0.4, -0.2) is 22.1 Å². The van der Waals surface area contributed by atoms with Crippen LogP contribution in [0.2, 0.25) is 0 Å². The molecule has 0 unspecified atom stereocenters. The van der Waals surface area contributed by atoms with E-state index in [-0.39, 0.29) is 12.1 Å². The van der Waals surface area contributed by atoms with Crippen LogP contribution >= 0.6 is 0 Å². The van der Waals surface area contributed by atoms with Gasteiger partial charge in [-0.25, -0.2) is 0 Å². The number of para-hydroxylation sites is 1. The summed E-state index contributed by atoms with van der Waals surface area (Å²) in [5.74, 6) is -0.463. The minimum absolute atomic E-state index is 0.0159. The number of aromatic nitrogens is 1. The van der Waals surface area contributed by atoms with Crippen LogP contribution < -0.4 is 0 Å². The smallest absolute Gasteiger partial charge is 0.320 e. The highest BCUT2D eigenvalue weighted by atomic mass is 16.6. The third-order valence-electron chi connectivity index (χ3n) is 5.86. The minimum Gasteiger partial charge on any atom is -0.465 e. The first-order chi connectivity index (χ1) is 17.6. The topological polar surface area (TPSA) is 123 Å². The van der Waals surface area contributed by atoms with Gasteiger partial charge in [-0.15, -0.1) is 0 Å². The quantitative estimate of drug-likeness (QED) is 0.0737. The molecule has 182 valence electrons. The molecule has 3 aromatic carbocycles. The maximum absolute atomic E-state index is 11.2. The number of fused-ring (bicyclic) bond motifs is 3. The van der Waals surface area contributed by atoms with Crippen molar-refractivity contribution >= 4 is 44.8 Å². The number of ether oxygens (including phenoxy) is 1. The van der Waals surface area contributed by atoms with E-state index in [1.165, 1.54) is 12.1 Å². The summed E-state index contributed by atoms with van der Waals surface area (Å²) >= 11 is 0. The van der Waals surface area contributed by atoms with Gasteiger partial charge in [0, 0.05) is 40.5 Å². The Morgan fingerprint density at radius 1 is 0.917 bits per heavy atom. The lowest BCUT2D eigenvalue weighted by Crippen LogP contribution is -2.04. The van der Waals surface area contributed by atoms with E-state index < -0.39 is 10.9 Å². The van der Waals surface area contributed by atoms with Crippen LogP contribution in [0.1, 0.15) is 32.1 Å². The fraction of sp³-hybridized carbons (Fsp3) is 0.259. The summed E-state index contributed by atoms with van der Waals surface area (Å²) < 4.78 is 7.33. The number of rotatable bonds is 11. The Hall–Kier alpha value is -4.58. The number of non-ortho nitro benzene ring substituents is 1. The number of unbranched alkanes of at least 4 members (excludes halogenated alkanes) is 3. The predicted molar refractivity (Wildman–Crippen MR) is 136 cm³/mol. The van der Waals surface area contributed by atoms with Gasteiger partial charge < -0.3 is 9.30 Å². The number of nitro benzene ring substituents is 1. The Morgan fingerprint density at radius 2 is 1.61 bits per heavy atom. The number of azo groups is 1. The Balaban J connectivity index is 1.43. The van der Waals surface area contributed by atoms with Crippen molar-refractivity contribution in [2.45, 2.75) is 38.6 Å². The molecule has 1 aromatic heterocycles. The molecular formula is C27H25N5O4. The first-order valence-electron chi connectivity index (χ1n) is 11.8. The standard InChI is InChI=1S/C27H25N5O4/c28-16-15-27(33)36-18-6-2-1-5-17-31-25-8-4-3-7-23(25)24-19-21(11-14-26(24)31)30-29-20-9-12-22(13-10-20)32(34)35/h3-4,7-14,19H,1-2,5-6,15,17-18H2. The van der Waals surface area contributed by atoms with Crippen molar-refractivity contribution in [2.24, 2.45) is 10.2 Å². The molecule has 0 aliphatic rings. The SMILES string of the molecule is N#CCC(=O)OCCCCCCn1c2ccccc2c2cc(N=Nc3ccc([N+](=O)[O-])cc3)ccc21. The lowest BCUT2D eigenvalue weighted by Gasteiger charge is -2.08. The number of benzene rings is 3. The van der Waals surface area contributed by atoms with Gasteiger partial charge in [-0.2, -0.15) is 15.5 Å². The molecule has 0 radical (unpaired) electrons. The maximum Gasteiger partial charge on any atom is 0.320 e. The molecule has 9 heteroatoms. The molecule has 9 nitrogen and oxygen atoms in total. The van der Waals surface area contributed by atoms with E-state index in [2.05, 4.69) is 26.9 Å². The number of aryl methyl sites for hydroxylation is 1. The number of nitriles is 1. The molecule has 0 amide bonds. The highest BCUT2D eigenvalue weighted by Crippen LogP contribution is 2.33. The number of esters is 1. The van der Waals surface area contributed by atoms with Gasteiger partial charge in [0.2, 0.25) is 0 Å². The van der Waals surface area contributed by atoms with Crippen molar-refractivity contribution in [2.75, 3.05) is 6.61 Å². The molecule has 0 atom stereocenters. The van der Waals surface area contributed by atoms with Crippen LogP contribution in [0.5, 0.6) is 0 Å². The molecule has 0 N–H and O–H groups in total. The molecule has 0 spiro atoms. The summed E-state index contributed by atoms with van der Waals surface area (Å²) in [4.78, 5) is 21.6. The second-order valence-electron chi connectivity index (χ2n) is 8.31. The molecule has 0 aliphatic heterocycles. The average molecular weight is 484 g/mol. The summed E-state index contributed by atoms with van der Waals surface area (Å²) in [6.45, 7) is 1.22. The summed E-state index contributed by atoms with van der Waals surface area (Å²) in [6, 6.07) is 22.0. The fourth-order valence-electron chi connectivity index (χ4n) is 4.13. The van der Waals surface area contributed by atoms with E-state index in [0.717, 1.165) is 54.0 Å². The molecule has 0 saturated carbocycles. The molecule has 0 bridgehead atoms. The summed E-state index contributed by atoms with van der Waals surface area (Å²) in [5.41, 5.74) is 3.54. The number of nitrogens with zero attached hydrogens (tertiary/aromatic N) is 5. The van der Waals surface area contributed by atoms with Crippen LogP contribution in [0.15, 0.2) is 77.0 Å². The Morgan fingerprint density at radius 3 is 2.39 bits per heavy atom. The monoisotopic (exact) mass is 483 g/mol. The van der Waals surface area contributed by atoms with E-state index in [1.807, 2.05) is 30.3 Å². The van der Waals surface area contributed by atoms with Gasteiger partial charge in [0.15, 0.2) is 0 Å². The second-order valence-corrected chi connectivity index (χ2v) is 8.31. The Kier molecular flexibility index (Phi) is 7.98. The van der Waals surface area contributed by atoms with E-state index in [4.69, 9.17) is 10.00 Å². The van der Waals surface area contributed by atoms with Gasteiger partial charge in [-0.1, -0.05) is 24.6 Å². The van der Waals surface area contributed by atoms with Crippen molar-refractivity contribution in [1.29, 1.82) is 5.26 Å². The van der Waals surface area contributed by atoms with Gasteiger partial charge in [-0.3, -0.25) is 14.9 Å². The number of carbonyl (C=O) groups excluding carboxylic acids is 1. The Bertz CT molecular complexity index is 1450. The van der Waals surface area contributed by atoms with E-state index in [9.17, 15) is 14.9 Å². The molecule has 4 aromatic rings. The van der Waals surface area contributed by atoms with Gasteiger partial charge in [0.05, 0.1) is 29.0 Å². The van der Waals surface area contributed by atoms with Gasteiger partial charge in [0.25, 0.3) is 5.69 Å². The molecule has 0 aliphatic carbocycles. The van der Waals surface area contributed by atoms with Crippen molar-refractivity contribution in [3.05, 3.63) is 76.8 Å². The number of nitro groups is 1. The second kappa shape index (κ2) is 11.7. The molecule has 1 heterocycles. The van der Waals surface area contributed by atoms with Crippen LogP contribution in [0.25, 0.3) is 21.8 Å². The lowest BCUT2D eigenvalue weighted by molar-refractivity contribution is -0.384. The number of hydrogen-bond acceptors (Lipinski definition) is 7. The average Bonchev–Trinajstić information content (AvgIpc) is 3.20. The fourth-order valence-corrected chi connectivity index (χ4v) is 4.13. The van der Waals surface area contributed by atoms with Crippen LogP contribution in [0, 0.1) is 21.4 Å². The summed E-state index contributed by atoms with van der Waals surface area (Å²) in [5, 5.41) is 30.1. The third-order valence-corrected chi connectivity index (χ3v) is 5.86. The number of hydrogen-bond donors (Lipinski definition) is 0. The van der Waals surface area contributed by atoms with Crippen molar-refractivity contribution in [3.63, 3.8) is 0 Å². The molecule has 4 rings (SSSR count). The van der Waals surface area contributed by atoms with Crippen LogP contribution in [-0.2, 0) is 16.1 Å². The molecular weight excluding hydrogens is 458 g/mol. The van der Waals surface area contributed by atoms with Gasteiger partial charge in [-0.05, 0) is 55.7 Å². The first kappa shape index (κ1) is 24.5. The molecule has 0 saturated heterocycles. The van der Waals surface area contributed by atoms with Gasteiger partial charge in [0.1, 0.15) is 6.42 Å². The zero-order valence-corrected chi connectivity index (χ0v) is 19.7. The van der Waals surface area contributed by atoms with Crippen molar-refractivity contribution < 1.29 is 14.5 Å². The molecule has 36 heavy (non-hydrogen) atoms. The number of carbonyl (C=O) groups is 1. The Labute approximate surface area is 207 Å². The molecule has 0 fully saturated rings. The zero-order valence-electron chi connectivity index (χ0n) is 19.7. The van der Waals surface area contributed by atoms with Crippen molar-refractivity contribution in [1.82, 2.24) is 4.57 Å². The summed E-state index contributed by atoms with van der Waals surface area (Å²) in [7, 11) is 0. The third kappa shape index (κ3) is 5.91.